The molecule has 4 nitrogen and oxygen atoms in total. The molecule has 1 fully saturated rings. The molecule has 1 aliphatic carbocycles. The topological polar surface area (TPSA) is 52.6 Å². The number of hydrogen-bond acceptors (Lipinski definition) is 4. The van der Waals surface area contributed by atoms with Crippen LogP contribution in [0.1, 0.15) is 22.6 Å². The Hall–Kier alpha value is -2.10. The Labute approximate surface area is 111 Å². The predicted octanol–water partition coefficient (Wildman–Crippen LogP) is 2.43. The van der Waals surface area contributed by atoms with E-state index in [1.54, 1.807) is 6.08 Å². The average Bonchev–Trinajstić information content (AvgIpc) is 2.86. The molecule has 4 heteroatoms. The number of cyclic esters (lactones) is 1. The quantitative estimate of drug-likeness (QED) is 0.726. The number of allylic oxidation sites excluding steroid dienone is 1. The summed E-state index contributed by atoms with van der Waals surface area (Å²) in [6, 6.07) is 5.90. The number of ketones is 1. The fourth-order valence-electron chi connectivity index (χ4n) is 2.83. The third-order valence-electron chi connectivity index (χ3n) is 3.73. The Morgan fingerprint density at radius 1 is 1.26 bits per heavy atom. The number of aryl methyl sites for hydroxylation is 2. The highest BCUT2D eigenvalue weighted by atomic mass is 16.8. The number of carbonyl (C=O) groups is 2. The summed E-state index contributed by atoms with van der Waals surface area (Å²) in [7, 11) is 0. The Balaban J connectivity index is 2.07. The van der Waals surface area contributed by atoms with Crippen molar-refractivity contribution < 1.29 is 19.1 Å². The number of carbonyl (C=O) groups excluding carboxylic acids is 2. The lowest BCUT2D eigenvalue weighted by Gasteiger charge is -2.26. The molecular formula is C15H14O4. The Bertz CT molecular complexity index is 602. The number of rotatable bonds is 1. The second-order valence-electron chi connectivity index (χ2n) is 5.12. The van der Waals surface area contributed by atoms with Gasteiger partial charge in [0, 0.05) is 0 Å². The van der Waals surface area contributed by atoms with Crippen LogP contribution in [0.2, 0.25) is 0 Å². The van der Waals surface area contributed by atoms with E-state index < -0.39 is 17.7 Å². The first-order valence-electron chi connectivity index (χ1n) is 6.18. The van der Waals surface area contributed by atoms with Crippen LogP contribution in [0.4, 0.5) is 4.79 Å². The van der Waals surface area contributed by atoms with Gasteiger partial charge in [0.25, 0.3) is 0 Å². The molecule has 1 unspecified atom stereocenters. The van der Waals surface area contributed by atoms with Gasteiger partial charge in [-0.25, -0.2) is 4.79 Å². The average molecular weight is 258 g/mol. The molecule has 1 heterocycles. The Kier molecular flexibility index (Phi) is 2.49. The minimum absolute atomic E-state index is 0.0507. The fraction of sp³-hybridized carbons (Fsp3) is 0.333. The Morgan fingerprint density at radius 2 is 2.05 bits per heavy atom. The van der Waals surface area contributed by atoms with Gasteiger partial charge in [0.15, 0.2) is 11.4 Å². The molecule has 1 aromatic carbocycles. The van der Waals surface area contributed by atoms with Crippen LogP contribution in [0.3, 0.4) is 0 Å². The van der Waals surface area contributed by atoms with Crippen LogP contribution < -0.4 is 0 Å². The van der Waals surface area contributed by atoms with E-state index in [0.29, 0.717) is 0 Å². The van der Waals surface area contributed by atoms with Gasteiger partial charge in [-0.1, -0.05) is 23.8 Å². The molecule has 19 heavy (non-hydrogen) atoms. The minimum Gasteiger partial charge on any atom is -0.430 e. The van der Waals surface area contributed by atoms with Crippen LogP contribution in [-0.2, 0) is 14.3 Å². The summed E-state index contributed by atoms with van der Waals surface area (Å²) in [5.74, 6) is -0.551. The van der Waals surface area contributed by atoms with E-state index in [1.165, 1.54) is 6.08 Å². The molecule has 1 aliphatic heterocycles. The maximum absolute atomic E-state index is 12.1. The van der Waals surface area contributed by atoms with Crippen molar-refractivity contribution in [1.82, 2.24) is 0 Å². The molecule has 0 aromatic heterocycles. The minimum atomic E-state index is -0.964. The smallest absolute Gasteiger partial charge is 0.430 e. The van der Waals surface area contributed by atoms with Crippen molar-refractivity contribution in [2.45, 2.75) is 25.4 Å². The maximum atomic E-state index is 12.1. The van der Waals surface area contributed by atoms with Gasteiger partial charge in [0.2, 0.25) is 0 Å². The van der Waals surface area contributed by atoms with Crippen molar-refractivity contribution in [3.8, 4) is 0 Å². The summed E-state index contributed by atoms with van der Waals surface area (Å²) in [4.78, 5) is 23.4. The largest absolute Gasteiger partial charge is 0.509 e. The van der Waals surface area contributed by atoms with E-state index in [4.69, 9.17) is 9.47 Å². The molecule has 1 spiro atoms. The molecule has 3 rings (SSSR count). The van der Waals surface area contributed by atoms with Gasteiger partial charge >= 0.3 is 6.16 Å². The van der Waals surface area contributed by atoms with Crippen molar-refractivity contribution in [3.05, 3.63) is 47.0 Å². The fourth-order valence-corrected chi connectivity index (χ4v) is 2.83. The van der Waals surface area contributed by atoms with Crippen molar-refractivity contribution in [1.29, 1.82) is 0 Å². The van der Waals surface area contributed by atoms with Gasteiger partial charge < -0.3 is 9.47 Å². The van der Waals surface area contributed by atoms with E-state index in [0.717, 1.165) is 16.7 Å². The zero-order valence-electron chi connectivity index (χ0n) is 10.8. The highest BCUT2D eigenvalue weighted by Crippen LogP contribution is 2.43. The third kappa shape index (κ3) is 1.75. The summed E-state index contributed by atoms with van der Waals surface area (Å²) < 4.78 is 10.2. The SMILES string of the molecule is Cc1ccc(C2C(=O)C=C[C@@]23COC(=O)O3)c(C)c1. The van der Waals surface area contributed by atoms with Crippen LogP contribution in [0.5, 0.6) is 0 Å². The summed E-state index contributed by atoms with van der Waals surface area (Å²) in [6.45, 7) is 4.05. The molecule has 98 valence electrons. The molecule has 0 bridgehead atoms. The van der Waals surface area contributed by atoms with Crippen molar-refractivity contribution in [2.75, 3.05) is 6.61 Å². The van der Waals surface area contributed by atoms with Gasteiger partial charge in [-0.2, -0.15) is 0 Å². The molecule has 0 N–H and O–H groups in total. The zero-order valence-corrected chi connectivity index (χ0v) is 10.8. The van der Waals surface area contributed by atoms with Gasteiger partial charge in [0.05, 0.1) is 5.92 Å². The third-order valence-corrected chi connectivity index (χ3v) is 3.73. The number of hydrogen-bond donors (Lipinski definition) is 0. The van der Waals surface area contributed by atoms with Crippen LogP contribution in [0.25, 0.3) is 0 Å². The molecule has 0 saturated carbocycles. The van der Waals surface area contributed by atoms with Crippen LogP contribution in [0, 0.1) is 13.8 Å². The Morgan fingerprint density at radius 3 is 2.68 bits per heavy atom. The van der Waals surface area contributed by atoms with E-state index in [2.05, 4.69) is 0 Å². The number of benzene rings is 1. The van der Waals surface area contributed by atoms with Crippen LogP contribution >= 0.6 is 0 Å². The molecule has 1 saturated heterocycles. The predicted molar refractivity (Wildman–Crippen MR) is 68.0 cm³/mol. The van der Waals surface area contributed by atoms with Gasteiger partial charge in [-0.05, 0) is 37.1 Å². The highest BCUT2D eigenvalue weighted by molar-refractivity contribution is 6.00. The second-order valence-corrected chi connectivity index (χ2v) is 5.12. The summed E-state index contributed by atoms with van der Waals surface area (Å²) in [5, 5.41) is 0. The van der Waals surface area contributed by atoms with Crippen molar-refractivity contribution in [3.63, 3.8) is 0 Å². The first-order chi connectivity index (χ1) is 9.02. The van der Waals surface area contributed by atoms with E-state index in [9.17, 15) is 9.59 Å². The molecule has 2 aliphatic rings. The highest BCUT2D eigenvalue weighted by Gasteiger charge is 2.53. The molecule has 0 radical (unpaired) electrons. The van der Waals surface area contributed by atoms with E-state index in [1.807, 2.05) is 32.0 Å². The molecule has 0 amide bonds. The van der Waals surface area contributed by atoms with Crippen molar-refractivity contribution in [2.24, 2.45) is 0 Å². The summed E-state index contributed by atoms with van der Waals surface area (Å²) in [6.07, 6.45) is 2.41. The van der Waals surface area contributed by atoms with Gasteiger partial charge in [-0.3, -0.25) is 4.79 Å². The molecule has 1 aromatic rings. The standard InChI is InChI=1S/C15H14O4/c1-9-3-4-11(10(2)7-9)13-12(16)5-6-15(13)8-18-14(17)19-15/h3-7,13H,8H2,1-2H3/t13?,15-/m1/s1. The summed E-state index contributed by atoms with van der Waals surface area (Å²) in [5.41, 5.74) is 2.07. The first kappa shape index (κ1) is 12.0. The lowest BCUT2D eigenvalue weighted by Crippen LogP contribution is -2.37. The summed E-state index contributed by atoms with van der Waals surface area (Å²) >= 11 is 0. The first-order valence-corrected chi connectivity index (χ1v) is 6.18. The van der Waals surface area contributed by atoms with E-state index >= 15 is 0 Å². The van der Waals surface area contributed by atoms with Gasteiger partial charge in [-0.15, -0.1) is 0 Å². The molecule has 2 atom stereocenters. The number of ether oxygens (including phenoxy) is 2. The normalized spacial score (nSPS) is 28.8. The lowest BCUT2D eigenvalue weighted by molar-refractivity contribution is -0.118. The lowest BCUT2D eigenvalue weighted by atomic mass is 9.82. The van der Waals surface area contributed by atoms with Crippen molar-refractivity contribution >= 4 is 11.9 Å². The molecular weight excluding hydrogens is 244 g/mol. The van der Waals surface area contributed by atoms with E-state index in [-0.39, 0.29) is 12.4 Å². The van der Waals surface area contributed by atoms with Crippen LogP contribution in [0.15, 0.2) is 30.4 Å². The van der Waals surface area contributed by atoms with Crippen LogP contribution in [-0.4, -0.2) is 24.1 Å². The monoisotopic (exact) mass is 258 g/mol. The zero-order chi connectivity index (χ0) is 13.6. The second kappa shape index (κ2) is 3.95. The maximum Gasteiger partial charge on any atom is 0.509 e. The van der Waals surface area contributed by atoms with Gasteiger partial charge in [0.1, 0.15) is 6.61 Å².